The quantitative estimate of drug-likeness (QED) is 0.895. The number of nitrogens with zero attached hydrogens (tertiary/aromatic N) is 1. The predicted molar refractivity (Wildman–Crippen MR) is 94.2 cm³/mol. The van der Waals surface area contributed by atoms with Crippen molar-refractivity contribution in [2.75, 3.05) is 26.2 Å². The molecule has 2 N–H and O–H groups in total. The number of piperazine rings is 1. The van der Waals surface area contributed by atoms with E-state index in [0.29, 0.717) is 0 Å². The van der Waals surface area contributed by atoms with Gasteiger partial charge in [0.05, 0.1) is 5.92 Å². The molecule has 1 saturated heterocycles. The highest BCUT2D eigenvalue weighted by molar-refractivity contribution is 5.70. The molecule has 0 unspecified atom stereocenters. The molecule has 0 aromatic heterocycles. The number of aliphatic carboxylic acids is 1. The van der Waals surface area contributed by atoms with E-state index >= 15 is 0 Å². The van der Waals surface area contributed by atoms with Crippen LogP contribution in [0, 0.1) is 5.92 Å². The van der Waals surface area contributed by atoms with Crippen molar-refractivity contribution in [3.8, 4) is 0 Å². The number of rotatable bonds is 3. The number of hydrogen-bond donors (Lipinski definition) is 2. The van der Waals surface area contributed by atoms with Gasteiger partial charge in [-0.05, 0) is 60.6 Å². The van der Waals surface area contributed by atoms with Gasteiger partial charge in [0.15, 0.2) is 0 Å². The van der Waals surface area contributed by atoms with E-state index in [2.05, 4.69) is 28.4 Å². The van der Waals surface area contributed by atoms with Gasteiger partial charge in [0, 0.05) is 32.7 Å². The van der Waals surface area contributed by atoms with Crippen molar-refractivity contribution in [3.05, 3.63) is 34.9 Å². The fourth-order valence-electron chi connectivity index (χ4n) is 5.01. The molecular weight excluding hydrogens is 300 g/mol. The summed E-state index contributed by atoms with van der Waals surface area (Å²) in [5, 5.41) is 12.7. The number of carboxylic acids is 1. The van der Waals surface area contributed by atoms with Gasteiger partial charge < -0.3 is 10.4 Å². The van der Waals surface area contributed by atoms with E-state index < -0.39 is 5.97 Å². The van der Waals surface area contributed by atoms with E-state index in [-0.39, 0.29) is 11.3 Å². The molecule has 0 bridgehead atoms. The summed E-state index contributed by atoms with van der Waals surface area (Å²) in [5.74, 6) is -0.723. The van der Waals surface area contributed by atoms with E-state index in [1.807, 2.05) is 0 Å². The van der Waals surface area contributed by atoms with Gasteiger partial charge in [-0.25, -0.2) is 0 Å². The van der Waals surface area contributed by atoms with Crippen molar-refractivity contribution in [1.82, 2.24) is 10.2 Å². The van der Waals surface area contributed by atoms with Crippen LogP contribution in [-0.2, 0) is 23.2 Å². The molecular formula is C20H28N2O2. The second-order valence-corrected chi connectivity index (χ2v) is 7.91. The number of benzene rings is 1. The molecule has 0 radical (unpaired) electrons. The van der Waals surface area contributed by atoms with Crippen molar-refractivity contribution in [1.29, 1.82) is 0 Å². The van der Waals surface area contributed by atoms with Crippen LogP contribution in [0.15, 0.2) is 18.2 Å². The molecule has 2 fully saturated rings. The Morgan fingerprint density at radius 1 is 1.21 bits per heavy atom. The van der Waals surface area contributed by atoms with Crippen molar-refractivity contribution in [3.63, 3.8) is 0 Å². The summed E-state index contributed by atoms with van der Waals surface area (Å²) in [6, 6.07) is 7.10. The lowest BCUT2D eigenvalue weighted by Gasteiger charge is -2.37. The van der Waals surface area contributed by atoms with Gasteiger partial charge in [0.1, 0.15) is 0 Å². The highest BCUT2D eigenvalue weighted by atomic mass is 16.4. The molecule has 4 rings (SSSR count). The van der Waals surface area contributed by atoms with Crippen LogP contribution < -0.4 is 5.32 Å². The molecule has 4 heteroatoms. The number of carbonyl (C=O) groups is 1. The first-order chi connectivity index (χ1) is 11.7. The minimum absolute atomic E-state index is 0.122. The van der Waals surface area contributed by atoms with Gasteiger partial charge >= 0.3 is 5.97 Å². The highest BCUT2D eigenvalue weighted by Crippen LogP contribution is 2.50. The normalized spacial score (nSPS) is 30.4. The Bertz CT molecular complexity index is 614. The molecule has 1 heterocycles. The maximum atomic E-state index is 11.3. The van der Waals surface area contributed by atoms with Gasteiger partial charge in [-0.2, -0.15) is 0 Å². The largest absolute Gasteiger partial charge is 0.481 e. The zero-order chi connectivity index (χ0) is 16.6. The number of carboxylic acid groups (broad SMARTS) is 1. The standard InChI is InChI=1S/C20H28N2O2/c23-19(24)17-4-7-20(8-5-17)6-3-16-2-1-15(13-18(16)20)14-22-11-9-21-10-12-22/h1-2,13,17,21H,3-12,14H2,(H,23,24). The summed E-state index contributed by atoms with van der Waals surface area (Å²) < 4.78 is 0. The third kappa shape index (κ3) is 2.98. The summed E-state index contributed by atoms with van der Waals surface area (Å²) in [6.07, 6.45) is 6.17. The lowest BCUT2D eigenvalue weighted by atomic mass is 9.67. The van der Waals surface area contributed by atoms with E-state index in [1.54, 1.807) is 5.56 Å². The first-order valence-corrected chi connectivity index (χ1v) is 9.44. The molecule has 1 aromatic rings. The van der Waals surface area contributed by atoms with Crippen LogP contribution in [0.5, 0.6) is 0 Å². The van der Waals surface area contributed by atoms with Crippen molar-refractivity contribution >= 4 is 5.97 Å². The van der Waals surface area contributed by atoms with E-state index in [1.165, 1.54) is 24.0 Å². The molecule has 0 amide bonds. The van der Waals surface area contributed by atoms with Crippen LogP contribution in [0.1, 0.15) is 48.8 Å². The lowest BCUT2D eigenvalue weighted by molar-refractivity contribution is -0.143. The molecule has 0 atom stereocenters. The molecule has 2 aliphatic carbocycles. The van der Waals surface area contributed by atoms with Gasteiger partial charge in [0.2, 0.25) is 0 Å². The maximum Gasteiger partial charge on any atom is 0.306 e. The van der Waals surface area contributed by atoms with E-state index in [0.717, 1.165) is 58.4 Å². The fraction of sp³-hybridized carbons (Fsp3) is 0.650. The first kappa shape index (κ1) is 16.1. The van der Waals surface area contributed by atoms with Crippen LogP contribution in [0.4, 0.5) is 0 Å². The van der Waals surface area contributed by atoms with E-state index in [4.69, 9.17) is 0 Å². The van der Waals surface area contributed by atoms with Gasteiger partial charge in [-0.3, -0.25) is 9.69 Å². The molecule has 1 saturated carbocycles. The Balaban J connectivity index is 1.52. The molecule has 3 aliphatic rings. The zero-order valence-electron chi connectivity index (χ0n) is 14.4. The van der Waals surface area contributed by atoms with Gasteiger partial charge in [-0.15, -0.1) is 0 Å². The lowest BCUT2D eigenvalue weighted by Crippen LogP contribution is -2.42. The van der Waals surface area contributed by atoms with Crippen LogP contribution >= 0.6 is 0 Å². The average molecular weight is 328 g/mol. The number of fused-ring (bicyclic) bond motifs is 2. The summed E-state index contributed by atoms with van der Waals surface area (Å²) >= 11 is 0. The molecule has 1 aromatic carbocycles. The van der Waals surface area contributed by atoms with Crippen molar-refractivity contribution < 1.29 is 9.90 Å². The van der Waals surface area contributed by atoms with Crippen molar-refractivity contribution in [2.45, 2.75) is 50.5 Å². The van der Waals surface area contributed by atoms with Crippen molar-refractivity contribution in [2.24, 2.45) is 5.92 Å². The Labute approximate surface area is 144 Å². The Hall–Kier alpha value is -1.39. The summed E-state index contributed by atoms with van der Waals surface area (Å²) in [4.78, 5) is 13.8. The van der Waals surface area contributed by atoms with Crippen LogP contribution in [0.2, 0.25) is 0 Å². The molecule has 1 aliphatic heterocycles. The van der Waals surface area contributed by atoms with Gasteiger partial charge in [-0.1, -0.05) is 18.2 Å². The Kier molecular flexibility index (Phi) is 4.35. The van der Waals surface area contributed by atoms with Crippen LogP contribution in [-0.4, -0.2) is 42.2 Å². The third-order valence-electron chi connectivity index (χ3n) is 6.53. The second kappa shape index (κ2) is 6.49. The molecule has 24 heavy (non-hydrogen) atoms. The SMILES string of the molecule is O=C(O)C1CCC2(CCc3ccc(CN4CCNCC4)cc32)CC1. The topological polar surface area (TPSA) is 52.6 Å². The minimum Gasteiger partial charge on any atom is -0.481 e. The second-order valence-electron chi connectivity index (χ2n) is 7.91. The number of hydrogen-bond acceptors (Lipinski definition) is 3. The highest BCUT2D eigenvalue weighted by Gasteiger charge is 2.42. The number of aryl methyl sites for hydroxylation is 1. The predicted octanol–water partition coefficient (Wildman–Crippen LogP) is 2.55. The monoisotopic (exact) mass is 328 g/mol. The Morgan fingerprint density at radius 3 is 2.67 bits per heavy atom. The number of nitrogens with one attached hydrogen (secondary N) is 1. The fourth-order valence-corrected chi connectivity index (χ4v) is 5.01. The van der Waals surface area contributed by atoms with Crippen LogP contribution in [0.3, 0.4) is 0 Å². The minimum atomic E-state index is -0.601. The zero-order valence-corrected chi connectivity index (χ0v) is 14.4. The third-order valence-corrected chi connectivity index (χ3v) is 6.53. The average Bonchev–Trinajstić information content (AvgIpc) is 2.94. The summed E-state index contributed by atoms with van der Waals surface area (Å²) in [7, 11) is 0. The van der Waals surface area contributed by atoms with E-state index in [9.17, 15) is 9.90 Å². The first-order valence-electron chi connectivity index (χ1n) is 9.44. The van der Waals surface area contributed by atoms with Crippen LogP contribution in [0.25, 0.3) is 0 Å². The Morgan fingerprint density at radius 2 is 1.96 bits per heavy atom. The summed E-state index contributed by atoms with van der Waals surface area (Å²) in [6.45, 7) is 5.48. The smallest absolute Gasteiger partial charge is 0.306 e. The maximum absolute atomic E-state index is 11.3. The summed E-state index contributed by atoms with van der Waals surface area (Å²) in [5.41, 5.74) is 4.74. The molecule has 1 spiro atoms. The molecule has 130 valence electrons. The van der Waals surface area contributed by atoms with Gasteiger partial charge in [0.25, 0.3) is 0 Å². The molecule has 4 nitrogen and oxygen atoms in total.